The lowest BCUT2D eigenvalue weighted by atomic mass is 10.0. The number of halogens is 4. The van der Waals surface area contributed by atoms with Crippen molar-refractivity contribution in [2.24, 2.45) is 11.5 Å². The lowest BCUT2D eigenvalue weighted by Gasteiger charge is -2.12. The second kappa shape index (κ2) is 8.68. The van der Waals surface area contributed by atoms with Crippen LogP contribution in [-0.4, -0.2) is 12.1 Å². The highest BCUT2D eigenvalue weighted by molar-refractivity contribution is 8.00. The summed E-state index contributed by atoms with van der Waals surface area (Å²) in [5.41, 5.74) is 7.94. The van der Waals surface area contributed by atoms with E-state index in [0.29, 0.717) is 6.54 Å². The molecule has 0 aromatic heterocycles. The predicted octanol–water partition coefficient (Wildman–Crippen LogP) is 3.85. The average molecular weight is 315 g/mol. The van der Waals surface area contributed by atoms with Crippen molar-refractivity contribution in [3.05, 3.63) is 29.8 Å². The molecular formula is C12H18ClF3N2S. The summed E-state index contributed by atoms with van der Waals surface area (Å²) in [7, 11) is 0. The second-order valence-corrected chi connectivity index (χ2v) is 5.15. The maximum absolute atomic E-state index is 12.1. The Balaban J connectivity index is 0.00000324. The summed E-state index contributed by atoms with van der Waals surface area (Å²) in [6.45, 7) is 0.633. The quantitative estimate of drug-likeness (QED) is 0.619. The summed E-state index contributed by atoms with van der Waals surface area (Å²) < 4.78 is 36.4. The standard InChI is InChI=1S/C12H17F3N2S.ClH/c13-12(14,15)18-10-6-4-9(5-7-10)11(17)3-1-2-8-16;/h4-7,11H,1-3,8,16-17H2;1H/t11-;/m1./s1. The van der Waals surface area contributed by atoms with E-state index in [1.165, 1.54) is 12.1 Å². The number of benzene rings is 1. The van der Waals surface area contributed by atoms with Crippen LogP contribution in [0.4, 0.5) is 13.2 Å². The van der Waals surface area contributed by atoms with E-state index in [2.05, 4.69) is 0 Å². The Labute approximate surface area is 121 Å². The minimum Gasteiger partial charge on any atom is -0.330 e. The molecule has 0 aliphatic rings. The van der Waals surface area contributed by atoms with E-state index in [4.69, 9.17) is 11.5 Å². The first-order chi connectivity index (χ1) is 8.42. The number of unbranched alkanes of at least 4 members (excludes halogenated alkanes) is 1. The molecule has 2 nitrogen and oxygen atoms in total. The van der Waals surface area contributed by atoms with Crippen LogP contribution in [0.25, 0.3) is 0 Å². The van der Waals surface area contributed by atoms with Gasteiger partial charge in [-0.1, -0.05) is 18.6 Å². The molecule has 110 valence electrons. The van der Waals surface area contributed by atoms with Crippen molar-refractivity contribution >= 4 is 24.2 Å². The van der Waals surface area contributed by atoms with Gasteiger partial charge in [0.2, 0.25) is 0 Å². The monoisotopic (exact) mass is 314 g/mol. The van der Waals surface area contributed by atoms with Crippen molar-refractivity contribution < 1.29 is 13.2 Å². The van der Waals surface area contributed by atoms with Gasteiger partial charge in [0.05, 0.1) is 0 Å². The van der Waals surface area contributed by atoms with Gasteiger partial charge < -0.3 is 11.5 Å². The molecule has 0 unspecified atom stereocenters. The van der Waals surface area contributed by atoms with Crippen LogP contribution < -0.4 is 11.5 Å². The number of alkyl halides is 3. The highest BCUT2D eigenvalue weighted by Crippen LogP contribution is 2.37. The Morgan fingerprint density at radius 3 is 2.16 bits per heavy atom. The molecule has 7 heteroatoms. The third-order valence-electron chi connectivity index (χ3n) is 2.51. The number of hydrogen-bond acceptors (Lipinski definition) is 3. The lowest BCUT2D eigenvalue weighted by molar-refractivity contribution is -0.0328. The van der Waals surface area contributed by atoms with Gasteiger partial charge in [0, 0.05) is 10.9 Å². The minimum atomic E-state index is -4.25. The maximum atomic E-state index is 12.1. The molecule has 0 aliphatic heterocycles. The zero-order chi connectivity index (χ0) is 13.6. The van der Waals surface area contributed by atoms with Gasteiger partial charge in [-0.15, -0.1) is 12.4 Å². The van der Waals surface area contributed by atoms with Crippen LogP contribution in [0.2, 0.25) is 0 Å². The van der Waals surface area contributed by atoms with Crippen LogP contribution in [0.5, 0.6) is 0 Å². The van der Waals surface area contributed by atoms with Crippen LogP contribution >= 0.6 is 24.2 Å². The van der Waals surface area contributed by atoms with Gasteiger partial charge in [0.15, 0.2) is 0 Å². The van der Waals surface area contributed by atoms with E-state index in [9.17, 15) is 13.2 Å². The van der Waals surface area contributed by atoms with Crippen molar-refractivity contribution in [1.82, 2.24) is 0 Å². The molecule has 0 bridgehead atoms. The fourth-order valence-corrected chi connectivity index (χ4v) is 2.13. The first kappa shape index (κ1) is 18.6. The van der Waals surface area contributed by atoms with E-state index in [-0.39, 0.29) is 35.1 Å². The number of hydrogen-bond donors (Lipinski definition) is 2. The van der Waals surface area contributed by atoms with Gasteiger partial charge >= 0.3 is 5.51 Å². The van der Waals surface area contributed by atoms with E-state index in [1.54, 1.807) is 12.1 Å². The van der Waals surface area contributed by atoms with E-state index < -0.39 is 5.51 Å². The molecule has 19 heavy (non-hydrogen) atoms. The van der Waals surface area contributed by atoms with E-state index in [1.807, 2.05) is 0 Å². The summed E-state index contributed by atoms with van der Waals surface area (Å²) in [4.78, 5) is 0.181. The van der Waals surface area contributed by atoms with Crippen molar-refractivity contribution in [2.75, 3.05) is 6.54 Å². The molecule has 1 atom stereocenters. The van der Waals surface area contributed by atoms with Crippen LogP contribution in [0, 0.1) is 0 Å². The van der Waals surface area contributed by atoms with Gasteiger partial charge in [-0.3, -0.25) is 0 Å². The zero-order valence-electron chi connectivity index (χ0n) is 10.3. The maximum Gasteiger partial charge on any atom is 0.446 e. The van der Waals surface area contributed by atoms with Crippen LogP contribution in [0.15, 0.2) is 29.2 Å². The van der Waals surface area contributed by atoms with E-state index in [0.717, 1.165) is 24.8 Å². The molecule has 1 aromatic rings. The van der Waals surface area contributed by atoms with Crippen molar-refractivity contribution in [3.63, 3.8) is 0 Å². The normalized spacial score (nSPS) is 12.9. The van der Waals surface area contributed by atoms with Crippen molar-refractivity contribution in [3.8, 4) is 0 Å². The Hall–Kier alpha value is -0.430. The smallest absolute Gasteiger partial charge is 0.330 e. The zero-order valence-corrected chi connectivity index (χ0v) is 12.0. The molecule has 0 aliphatic carbocycles. The van der Waals surface area contributed by atoms with Crippen molar-refractivity contribution in [2.45, 2.75) is 35.7 Å². The Morgan fingerprint density at radius 2 is 1.68 bits per heavy atom. The summed E-state index contributed by atoms with van der Waals surface area (Å²) in [6, 6.07) is 6.08. The molecule has 1 aromatic carbocycles. The molecule has 0 fully saturated rings. The third-order valence-corrected chi connectivity index (χ3v) is 3.25. The lowest BCUT2D eigenvalue weighted by Crippen LogP contribution is -2.11. The molecule has 0 saturated carbocycles. The van der Waals surface area contributed by atoms with Gasteiger partial charge in [-0.25, -0.2) is 0 Å². The Bertz CT molecular complexity index is 357. The largest absolute Gasteiger partial charge is 0.446 e. The van der Waals surface area contributed by atoms with Crippen molar-refractivity contribution in [1.29, 1.82) is 0 Å². The summed E-state index contributed by atoms with van der Waals surface area (Å²) in [6.07, 6.45) is 2.63. The van der Waals surface area contributed by atoms with Crippen LogP contribution in [0.3, 0.4) is 0 Å². The topological polar surface area (TPSA) is 52.0 Å². The molecule has 0 amide bonds. The van der Waals surface area contributed by atoms with E-state index >= 15 is 0 Å². The van der Waals surface area contributed by atoms with Gasteiger partial charge in [0.1, 0.15) is 0 Å². The van der Waals surface area contributed by atoms with Gasteiger partial charge in [0.25, 0.3) is 0 Å². The average Bonchev–Trinajstić information content (AvgIpc) is 2.28. The van der Waals surface area contributed by atoms with Crippen LogP contribution in [0.1, 0.15) is 30.9 Å². The number of nitrogens with two attached hydrogens (primary N) is 2. The van der Waals surface area contributed by atoms with Gasteiger partial charge in [-0.2, -0.15) is 13.2 Å². The molecule has 4 N–H and O–H groups in total. The highest BCUT2D eigenvalue weighted by atomic mass is 35.5. The Kier molecular flexibility index (Phi) is 8.49. The first-order valence-corrected chi connectivity index (χ1v) is 6.55. The highest BCUT2D eigenvalue weighted by Gasteiger charge is 2.29. The summed E-state index contributed by atoms with van der Waals surface area (Å²) >= 11 is -0.115. The fourth-order valence-electron chi connectivity index (χ4n) is 1.59. The van der Waals surface area contributed by atoms with Gasteiger partial charge in [-0.05, 0) is 48.8 Å². The Morgan fingerprint density at radius 1 is 1.11 bits per heavy atom. The predicted molar refractivity (Wildman–Crippen MR) is 75.4 cm³/mol. The number of thioether (sulfide) groups is 1. The first-order valence-electron chi connectivity index (χ1n) is 5.74. The summed E-state index contributed by atoms with van der Waals surface area (Å²) in [5, 5.41) is 0. The molecular weight excluding hydrogens is 297 g/mol. The minimum absolute atomic E-state index is 0. The molecule has 1 rings (SSSR count). The molecule has 0 saturated heterocycles. The SMILES string of the molecule is Cl.NCCCC[C@@H](N)c1ccc(SC(F)(F)F)cc1. The summed E-state index contributed by atoms with van der Waals surface area (Å²) in [5.74, 6) is 0. The molecule has 0 spiro atoms. The fraction of sp³-hybridized carbons (Fsp3) is 0.500. The molecule has 0 radical (unpaired) electrons. The second-order valence-electron chi connectivity index (χ2n) is 4.01. The number of rotatable bonds is 6. The molecule has 0 heterocycles. The van der Waals surface area contributed by atoms with Crippen LogP contribution in [-0.2, 0) is 0 Å². The third kappa shape index (κ3) is 7.67.